The van der Waals surface area contributed by atoms with E-state index in [0.717, 1.165) is 12.2 Å². The second kappa shape index (κ2) is 12.8. The highest BCUT2D eigenvalue weighted by molar-refractivity contribution is 7.99. The number of aliphatic hydroxyl groups is 1. The minimum absolute atomic E-state index is 0.0790. The number of unbranched alkanes of at least 4 members (excludes halogenated alkanes) is 6. The molecule has 0 aliphatic rings. The predicted octanol–water partition coefficient (Wildman–Crippen LogP) is 5.02. The van der Waals surface area contributed by atoms with E-state index in [1.807, 2.05) is 11.8 Å². The molecule has 1 nitrogen and oxygen atoms in total. The minimum atomic E-state index is -0.0790. The Hall–Kier alpha value is 0.310. The van der Waals surface area contributed by atoms with Gasteiger partial charge >= 0.3 is 0 Å². The molecule has 0 heterocycles. The van der Waals surface area contributed by atoms with E-state index in [1.165, 1.54) is 51.4 Å². The Bertz CT molecular complexity index is 150. The van der Waals surface area contributed by atoms with Crippen molar-refractivity contribution >= 4 is 11.8 Å². The summed E-state index contributed by atoms with van der Waals surface area (Å²) in [4.78, 5) is 0. The van der Waals surface area contributed by atoms with Crippen LogP contribution in [0.5, 0.6) is 0 Å². The van der Waals surface area contributed by atoms with Crippen molar-refractivity contribution in [1.82, 2.24) is 0 Å². The molecule has 2 unspecified atom stereocenters. The van der Waals surface area contributed by atoms with Gasteiger partial charge in [0.05, 0.1) is 6.10 Å². The monoisotopic (exact) mass is 260 g/mol. The van der Waals surface area contributed by atoms with Gasteiger partial charge in [-0.1, -0.05) is 65.7 Å². The summed E-state index contributed by atoms with van der Waals surface area (Å²) < 4.78 is 0. The van der Waals surface area contributed by atoms with Crippen LogP contribution in [0.4, 0.5) is 0 Å². The Morgan fingerprint density at radius 3 is 2.12 bits per heavy atom. The fourth-order valence-electron chi connectivity index (χ4n) is 1.81. The number of hydrogen-bond acceptors (Lipinski definition) is 2. The molecular formula is C15H32OS. The number of aliphatic hydroxyl groups excluding tert-OH is 1. The first-order valence-corrected chi connectivity index (χ1v) is 8.55. The molecule has 0 aliphatic heterocycles. The zero-order valence-electron chi connectivity index (χ0n) is 12.1. The van der Waals surface area contributed by atoms with E-state index in [9.17, 15) is 5.11 Å². The zero-order valence-corrected chi connectivity index (χ0v) is 12.9. The molecule has 0 rings (SSSR count). The molecule has 0 fully saturated rings. The van der Waals surface area contributed by atoms with Gasteiger partial charge < -0.3 is 5.11 Å². The van der Waals surface area contributed by atoms with Gasteiger partial charge in [-0.05, 0) is 12.8 Å². The van der Waals surface area contributed by atoms with Crippen molar-refractivity contribution in [2.75, 3.05) is 5.75 Å². The lowest BCUT2D eigenvalue weighted by Gasteiger charge is -2.13. The Morgan fingerprint density at radius 1 is 0.941 bits per heavy atom. The Labute approximate surface area is 113 Å². The molecule has 0 bridgehead atoms. The average Bonchev–Trinajstić information content (AvgIpc) is 2.34. The van der Waals surface area contributed by atoms with Crippen LogP contribution in [-0.2, 0) is 0 Å². The number of thioether (sulfide) groups is 1. The molecule has 0 aliphatic carbocycles. The lowest BCUT2D eigenvalue weighted by molar-refractivity contribution is 0.184. The van der Waals surface area contributed by atoms with Crippen molar-refractivity contribution in [3.63, 3.8) is 0 Å². The molecule has 0 saturated heterocycles. The summed E-state index contributed by atoms with van der Waals surface area (Å²) in [5.74, 6) is 0.921. The van der Waals surface area contributed by atoms with Crippen LogP contribution in [0.3, 0.4) is 0 Å². The Morgan fingerprint density at radius 2 is 1.53 bits per heavy atom. The largest absolute Gasteiger partial charge is 0.392 e. The lowest BCUT2D eigenvalue weighted by Crippen LogP contribution is -2.12. The van der Waals surface area contributed by atoms with Gasteiger partial charge in [0.15, 0.2) is 0 Å². The van der Waals surface area contributed by atoms with Gasteiger partial charge in [0.25, 0.3) is 0 Å². The quantitative estimate of drug-likeness (QED) is 0.497. The highest BCUT2D eigenvalue weighted by Gasteiger charge is 2.06. The number of rotatable bonds is 12. The molecule has 104 valence electrons. The maximum Gasteiger partial charge on any atom is 0.0630 e. The normalized spacial score (nSPS) is 14.8. The zero-order chi connectivity index (χ0) is 12.9. The van der Waals surface area contributed by atoms with Gasteiger partial charge in [-0.3, -0.25) is 0 Å². The molecule has 0 radical (unpaired) electrons. The summed E-state index contributed by atoms with van der Waals surface area (Å²) in [6.45, 7) is 6.71. The highest BCUT2D eigenvalue weighted by Crippen LogP contribution is 2.17. The Balaban J connectivity index is 3.19. The van der Waals surface area contributed by atoms with Crippen LogP contribution in [0.25, 0.3) is 0 Å². The van der Waals surface area contributed by atoms with Gasteiger partial charge in [-0.2, -0.15) is 11.8 Å². The Kier molecular flexibility index (Phi) is 13.0. The second-order valence-corrected chi connectivity index (χ2v) is 6.59. The van der Waals surface area contributed by atoms with E-state index < -0.39 is 0 Å². The van der Waals surface area contributed by atoms with Gasteiger partial charge in [0.1, 0.15) is 0 Å². The van der Waals surface area contributed by atoms with E-state index >= 15 is 0 Å². The van der Waals surface area contributed by atoms with Crippen molar-refractivity contribution in [2.45, 2.75) is 89.9 Å². The molecule has 0 saturated carbocycles. The maximum atomic E-state index is 9.81. The maximum absolute atomic E-state index is 9.81. The van der Waals surface area contributed by atoms with Crippen LogP contribution in [0.15, 0.2) is 0 Å². The van der Waals surface area contributed by atoms with E-state index in [2.05, 4.69) is 20.8 Å². The molecule has 0 spiro atoms. The van der Waals surface area contributed by atoms with Crippen molar-refractivity contribution in [3.8, 4) is 0 Å². The second-order valence-electron chi connectivity index (χ2n) is 5.12. The first-order chi connectivity index (χ1) is 8.20. The summed E-state index contributed by atoms with van der Waals surface area (Å²) in [5, 5.41) is 10.5. The summed E-state index contributed by atoms with van der Waals surface area (Å²) in [6, 6.07) is 0. The van der Waals surface area contributed by atoms with Crippen LogP contribution in [0.1, 0.15) is 78.6 Å². The van der Waals surface area contributed by atoms with Crippen LogP contribution < -0.4 is 0 Å². The van der Waals surface area contributed by atoms with Gasteiger partial charge in [-0.15, -0.1) is 0 Å². The molecule has 17 heavy (non-hydrogen) atoms. The third-order valence-corrected chi connectivity index (χ3v) is 4.77. The lowest BCUT2D eigenvalue weighted by atomic mass is 10.1. The molecule has 2 atom stereocenters. The first-order valence-electron chi connectivity index (χ1n) is 7.50. The van der Waals surface area contributed by atoms with Crippen molar-refractivity contribution in [3.05, 3.63) is 0 Å². The average molecular weight is 260 g/mol. The molecule has 0 aromatic carbocycles. The van der Waals surface area contributed by atoms with E-state index in [0.29, 0.717) is 5.25 Å². The molecule has 0 aromatic heterocycles. The summed E-state index contributed by atoms with van der Waals surface area (Å²) in [7, 11) is 0. The third kappa shape index (κ3) is 12.6. The van der Waals surface area contributed by atoms with Gasteiger partial charge in [-0.25, -0.2) is 0 Å². The van der Waals surface area contributed by atoms with Crippen LogP contribution >= 0.6 is 11.8 Å². The van der Waals surface area contributed by atoms with Gasteiger partial charge in [0, 0.05) is 11.0 Å². The van der Waals surface area contributed by atoms with E-state index in [-0.39, 0.29) is 6.10 Å². The van der Waals surface area contributed by atoms with Crippen LogP contribution in [0.2, 0.25) is 0 Å². The highest BCUT2D eigenvalue weighted by atomic mass is 32.2. The van der Waals surface area contributed by atoms with Crippen LogP contribution in [0, 0.1) is 0 Å². The van der Waals surface area contributed by atoms with E-state index in [1.54, 1.807) is 0 Å². The SMILES string of the molecule is CCCCCCCCCC(O)CSC(C)CC. The standard InChI is InChI=1S/C15H32OS/c1-4-6-7-8-9-10-11-12-15(16)13-17-14(3)5-2/h14-16H,4-13H2,1-3H3. The van der Waals surface area contributed by atoms with Crippen molar-refractivity contribution < 1.29 is 5.11 Å². The minimum Gasteiger partial charge on any atom is -0.392 e. The molecular weight excluding hydrogens is 228 g/mol. The van der Waals surface area contributed by atoms with Crippen molar-refractivity contribution in [2.24, 2.45) is 0 Å². The first kappa shape index (κ1) is 17.3. The third-order valence-electron chi connectivity index (χ3n) is 3.29. The van der Waals surface area contributed by atoms with Crippen LogP contribution in [-0.4, -0.2) is 22.2 Å². The smallest absolute Gasteiger partial charge is 0.0630 e. The molecule has 0 aromatic rings. The summed E-state index contributed by atoms with van der Waals surface area (Å²) in [5.41, 5.74) is 0. The molecule has 2 heteroatoms. The number of hydrogen-bond donors (Lipinski definition) is 1. The topological polar surface area (TPSA) is 20.2 Å². The van der Waals surface area contributed by atoms with E-state index in [4.69, 9.17) is 0 Å². The summed E-state index contributed by atoms with van der Waals surface area (Å²) >= 11 is 1.91. The molecule has 1 N–H and O–H groups in total. The molecule has 0 amide bonds. The predicted molar refractivity (Wildman–Crippen MR) is 80.8 cm³/mol. The van der Waals surface area contributed by atoms with Gasteiger partial charge in [0.2, 0.25) is 0 Å². The fourth-order valence-corrected chi connectivity index (χ4v) is 2.77. The fraction of sp³-hybridized carbons (Fsp3) is 1.00. The van der Waals surface area contributed by atoms with Crippen molar-refractivity contribution in [1.29, 1.82) is 0 Å². The summed E-state index contributed by atoms with van der Waals surface area (Å²) in [6.07, 6.45) is 11.5.